The molecular weight excluding hydrogens is 619 g/mol. The highest BCUT2D eigenvalue weighted by Crippen LogP contribution is 2.55. The van der Waals surface area contributed by atoms with E-state index in [0.717, 1.165) is 12.3 Å². The number of nitrogens with zero attached hydrogens (tertiary/aromatic N) is 2. The Morgan fingerprint density at radius 1 is 1.21 bits per heavy atom. The molecule has 0 saturated carbocycles. The number of rotatable bonds is 11. The molecule has 1 unspecified atom stereocenters. The van der Waals surface area contributed by atoms with Gasteiger partial charge in [-0.15, -0.1) is 0 Å². The fraction of sp³-hybridized carbons (Fsp3) is 0.423. The number of carbonyl (C=O) groups excluding carboxylic acids is 1. The molecule has 0 bridgehead atoms. The highest BCUT2D eigenvalue weighted by atomic mass is 32.5. The van der Waals surface area contributed by atoms with Gasteiger partial charge in [0.1, 0.15) is 17.6 Å². The number of benzene rings is 2. The third kappa shape index (κ3) is 6.54. The Morgan fingerprint density at radius 3 is 2.53 bits per heavy atom. The SMILES string of the molecule is CC(C)OC(=O)[C@H](C)NP(=S)(OC[C@@]1(C(F)F)O[C@@H](n2ccc(N)nc2=O)[C@H](O)C1(F)F)Oc1cccc2ccccc12. The van der Waals surface area contributed by atoms with Crippen LogP contribution < -0.4 is 21.0 Å². The molecule has 1 aliphatic heterocycles. The van der Waals surface area contributed by atoms with Crippen LogP contribution in [0.4, 0.5) is 23.4 Å². The van der Waals surface area contributed by atoms with Gasteiger partial charge in [-0.1, -0.05) is 36.4 Å². The fourth-order valence-electron chi connectivity index (χ4n) is 4.31. The number of nitrogen functional groups attached to an aromatic ring is 1. The van der Waals surface area contributed by atoms with Crippen molar-refractivity contribution in [3.05, 3.63) is 65.2 Å². The number of ether oxygens (including phenoxy) is 2. The molecule has 1 aliphatic rings. The summed E-state index contributed by atoms with van der Waals surface area (Å²) in [5.41, 5.74) is 0.379. The third-order valence-electron chi connectivity index (χ3n) is 6.49. The van der Waals surface area contributed by atoms with Crippen LogP contribution in [0.5, 0.6) is 5.75 Å². The van der Waals surface area contributed by atoms with E-state index in [0.29, 0.717) is 15.3 Å². The van der Waals surface area contributed by atoms with Crippen molar-refractivity contribution in [1.82, 2.24) is 14.6 Å². The van der Waals surface area contributed by atoms with Crippen molar-refractivity contribution in [2.75, 3.05) is 12.3 Å². The second kappa shape index (κ2) is 12.5. The van der Waals surface area contributed by atoms with Crippen molar-refractivity contribution < 1.29 is 46.0 Å². The first-order valence-electron chi connectivity index (χ1n) is 12.9. The van der Waals surface area contributed by atoms with Crippen LogP contribution in [0, 0.1) is 0 Å². The van der Waals surface area contributed by atoms with Crippen molar-refractivity contribution in [1.29, 1.82) is 0 Å². The van der Waals surface area contributed by atoms with Crippen LogP contribution in [0.1, 0.15) is 27.0 Å². The van der Waals surface area contributed by atoms with Crippen LogP contribution in [0.2, 0.25) is 0 Å². The lowest BCUT2D eigenvalue weighted by Gasteiger charge is -2.35. The Balaban J connectivity index is 1.71. The van der Waals surface area contributed by atoms with Crippen LogP contribution in [0.25, 0.3) is 10.8 Å². The van der Waals surface area contributed by atoms with E-state index in [4.69, 9.17) is 36.1 Å². The Labute approximate surface area is 248 Å². The summed E-state index contributed by atoms with van der Waals surface area (Å²) in [4.78, 5) is 28.2. The van der Waals surface area contributed by atoms with Gasteiger partial charge in [-0.25, -0.2) is 18.7 Å². The average Bonchev–Trinajstić information content (AvgIpc) is 3.13. The normalized spacial score (nSPS) is 23.8. The van der Waals surface area contributed by atoms with Crippen LogP contribution in [0.3, 0.4) is 0 Å². The number of alkyl halides is 4. The summed E-state index contributed by atoms with van der Waals surface area (Å²) in [6.45, 7) is -1.25. The third-order valence-corrected chi connectivity index (χ3v) is 8.95. The minimum Gasteiger partial charge on any atom is -0.462 e. The Morgan fingerprint density at radius 2 is 1.88 bits per heavy atom. The summed E-state index contributed by atoms with van der Waals surface area (Å²) in [6.07, 6.45) is -8.85. The molecule has 0 spiro atoms. The van der Waals surface area contributed by atoms with E-state index in [2.05, 4.69) is 10.1 Å². The number of hydrogen-bond acceptors (Lipinski definition) is 10. The molecule has 0 radical (unpaired) electrons. The molecule has 234 valence electrons. The van der Waals surface area contributed by atoms with Gasteiger partial charge in [0.25, 0.3) is 6.43 Å². The molecule has 3 aromatic rings. The number of nitrogens with two attached hydrogens (primary N) is 1. The summed E-state index contributed by atoms with van der Waals surface area (Å²) in [5.74, 6) is -5.65. The van der Waals surface area contributed by atoms with Crippen LogP contribution >= 0.6 is 6.64 Å². The first kappa shape index (κ1) is 32.8. The number of hydrogen-bond donors (Lipinski definition) is 3. The number of aliphatic hydroxyl groups is 1. The maximum absolute atomic E-state index is 15.5. The maximum Gasteiger partial charge on any atom is 0.351 e. The van der Waals surface area contributed by atoms with Gasteiger partial charge in [0, 0.05) is 11.6 Å². The summed E-state index contributed by atoms with van der Waals surface area (Å²) in [6, 6.07) is 11.6. The standard InChI is InChI=1S/C26H29F4N4O7PS/c1-14(2)39-22(36)15(3)33-42(43,41-18-10-6-8-16-7-4-5-9-17(16)18)38-13-25(23(27)28)26(29,30)20(35)21(40-25)34-12-11-19(31)32-24(34)37/h4-12,14-15,20-21,23,35H,13H2,1-3H3,(H,33,43)(H2,31,32,37)/t15-,20-,21+,25-,42?/m0/s1. The molecule has 1 aromatic heterocycles. The van der Waals surface area contributed by atoms with Gasteiger partial charge in [0.15, 0.2) is 12.3 Å². The number of esters is 1. The van der Waals surface area contributed by atoms with Crippen molar-refractivity contribution in [2.24, 2.45) is 0 Å². The number of aromatic nitrogens is 2. The molecular formula is C26H29F4N4O7PS. The molecule has 11 nitrogen and oxygen atoms in total. The van der Waals surface area contributed by atoms with Gasteiger partial charge in [-0.05, 0) is 50.1 Å². The highest BCUT2D eigenvalue weighted by Gasteiger charge is 2.74. The van der Waals surface area contributed by atoms with Gasteiger partial charge in [-0.3, -0.25) is 9.36 Å². The molecule has 1 fully saturated rings. The second-order valence-corrected chi connectivity index (χ2v) is 13.1. The Bertz CT molecular complexity index is 1590. The minimum absolute atomic E-state index is 0.112. The minimum atomic E-state index is -4.69. The first-order chi connectivity index (χ1) is 20.1. The first-order valence-corrected chi connectivity index (χ1v) is 15.5. The van der Waals surface area contributed by atoms with Crippen molar-refractivity contribution in [3.63, 3.8) is 0 Å². The lowest BCUT2D eigenvalue weighted by molar-refractivity contribution is -0.241. The van der Waals surface area contributed by atoms with Gasteiger partial charge in [0.05, 0.1) is 12.7 Å². The summed E-state index contributed by atoms with van der Waals surface area (Å²) >= 11 is 5.55. The lowest BCUT2D eigenvalue weighted by Crippen LogP contribution is -2.57. The van der Waals surface area contributed by atoms with Crippen LogP contribution in [0.15, 0.2) is 59.5 Å². The quantitative estimate of drug-likeness (QED) is 0.159. The van der Waals surface area contributed by atoms with E-state index >= 15 is 8.78 Å². The number of carbonyl (C=O) groups is 1. The fourth-order valence-corrected chi connectivity index (χ4v) is 6.72. The molecule has 2 aromatic carbocycles. The van der Waals surface area contributed by atoms with Crippen molar-refractivity contribution in [3.8, 4) is 5.75 Å². The molecule has 43 heavy (non-hydrogen) atoms. The maximum atomic E-state index is 15.5. The van der Waals surface area contributed by atoms with Gasteiger partial charge < -0.3 is 29.4 Å². The lowest BCUT2D eigenvalue weighted by atomic mass is 9.95. The van der Waals surface area contributed by atoms with E-state index in [9.17, 15) is 23.5 Å². The summed E-state index contributed by atoms with van der Waals surface area (Å²) in [5, 5.41) is 14.3. The highest BCUT2D eigenvalue weighted by molar-refractivity contribution is 8.09. The zero-order valence-corrected chi connectivity index (χ0v) is 24.7. The van der Waals surface area contributed by atoms with E-state index < -0.39 is 67.3 Å². The van der Waals surface area contributed by atoms with E-state index in [1.165, 1.54) is 13.0 Å². The zero-order valence-electron chi connectivity index (χ0n) is 23.0. The molecule has 4 rings (SSSR count). The molecule has 0 amide bonds. The largest absolute Gasteiger partial charge is 0.462 e. The molecule has 4 N–H and O–H groups in total. The second-order valence-electron chi connectivity index (χ2n) is 9.98. The average molecular weight is 649 g/mol. The predicted octanol–water partition coefficient (Wildman–Crippen LogP) is 3.76. The zero-order chi connectivity index (χ0) is 31.7. The van der Waals surface area contributed by atoms with Crippen molar-refractivity contribution >= 4 is 41.0 Å². The number of fused-ring (bicyclic) bond motifs is 1. The molecule has 17 heteroatoms. The topological polar surface area (TPSA) is 147 Å². The predicted molar refractivity (Wildman–Crippen MR) is 151 cm³/mol. The summed E-state index contributed by atoms with van der Waals surface area (Å²) in [7, 11) is 0. The molecule has 5 atom stereocenters. The molecule has 2 heterocycles. The van der Waals surface area contributed by atoms with E-state index in [1.54, 1.807) is 50.2 Å². The summed E-state index contributed by atoms with van der Waals surface area (Å²) < 4.78 is 82.4. The smallest absolute Gasteiger partial charge is 0.351 e. The number of anilines is 1. The Kier molecular flexibility index (Phi) is 9.50. The number of halogens is 4. The monoisotopic (exact) mass is 648 g/mol. The van der Waals surface area contributed by atoms with Gasteiger partial charge in [-0.2, -0.15) is 13.8 Å². The van der Waals surface area contributed by atoms with Gasteiger partial charge in [0.2, 0.25) is 5.60 Å². The number of nitrogens with one attached hydrogen (secondary N) is 1. The van der Waals surface area contributed by atoms with Crippen LogP contribution in [-0.2, 0) is 30.6 Å². The number of aliphatic hydroxyl groups excluding tert-OH is 1. The molecule has 1 saturated heterocycles. The van der Waals surface area contributed by atoms with E-state index in [-0.39, 0.29) is 11.6 Å². The van der Waals surface area contributed by atoms with E-state index in [1.807, 2.05) is 0 Å². The molecule has 0 aliphatic carbocycles. The van der Waals surface area contributed by atoms with Crippen molar-refractivity contribution in [2.45, 2.75) is 63.2 Å². The van der Waals surface area contributed by atoms with Gasteiger partial charge >= 0.3 is 24.2 Å². The Hall–Kier alpha value is -3.14. The van der Waals surface area contributed by atoms with Crippen LogP contribution in [-0.4, -0.2) is 63.4 Å².